The number of hydrogen-bond donors (Lipinski definition) is 1. The van der Waals surface area contributed by atoms with E-state index in [9.17, 15) is 9.59 Å². The van der Waals surface area contributed by atoms with Gasteiger partial charge < -0.3 is 15.0 Å². The van der Waals surface area contributed by atoms with E-state index in [1.165, 1.54) is 7.11 Å². The number of aryl methyl sites for hydroxylation is 1. The van der Waals surface area contributed by atoms with E-state index in [0.717, 1.165) is 32.2 Å². The number of nitrogens with zero attached hydrogens (tertiary/aromatic N) is 3. The van der Waals surface area contributed by atoms with Crippen LogP contribution in [0.4, 0.5) is 11.6 Å². The van der Waals surface area contributed by atoms with Gasteiger partial charge in [0, 0.05) is 18.3 Å². The van der Waals surface area contributed by atoms with Crippen molar-refractivity contribution in [2.24, 2.45) is 0 Å². The molecule has 1 atom stereocenters. The van der Waals surface area contributed by atoms with Gasteiger partial charge in [-0.05, 0) is 50.8 Å². The topological polar surface area (TPSA) is 84.4 Å². The number of carbonyl (C=O) groups excluding carboxylic acids is 2. The highest BCUT2D eigenvalue weighted by Gasteiger charge is 2.27. The fraction of sp³-hybridized carbons (Fsp3) is 0.429. The number of rotatable bonds is 5. The number of hydrogen-bond acceptors (Lipinski definition) is 6. The summed E-state index contributed by atoms with van der Waals surface area (Å²) in [5.74, 6) is -0.239. The molecule has 0 bridgehead atoms. The third kappa shape index (κ3) is 4.30. The molecule has 1 fully saturated rings. The molecule has 7 heteroatoms. The van der Waals surface area contributed by atoms with Gasteiger partial charge >= 0.3 is 5.97 Å². The first kappa shape index (κ1) is 19.8. The van der Waals surface area contributed by atoms with Crippen molar-refractivity contribution < 1.29 is 14.3 Å². The molecule has 148 valence electrons. The fourth-order valence-electron chi connectivity index (χ4n) is 3.57. The number of anilines is 2. The Hall–Kier alpha value is -2.96. The van der Waals surface area contributed by atoms with Crippen LogP contribution < -0.4 is 5.32 Å². The molecular formula is C21H26N4O3. The normalized spacial score (nSPS) is 16.5. The predicted octanol–water partition coefficient (Wildman–Crippen LogP) is 3.72. The van der Waals surface area contributed by atoms with Crippen LogP contribution in [0.5, 0.6) is 0 Å². The average Bonchev–Trinajstić information content (AvgIpc) is 2.72. The van der Waals surface area contributed by atoms with Gasteiger partial charge in [-0.2, -0.15) is 0 Å². The number of aromatic nitrogens is 2. The molecule has 1 unspecified atom stereocenters. The maximum atomic E-state index is 13.1. The fourth-order valence-corrected chi connectivity index (χ4v) is 3.57. The van der Waals surface area contributed by atoms with Crippen molar-refractivity contribution in [3.63, 3.8) is 0 Å². The molecular weight excluding hydrogens is 356 g/mol. The smallest absolute Gasteiger partial charge is 0.339 e. The summed E-state index contributed by atoms with van der Waals surface area (Å²) in [5, 5.41) is 3.06. The monoisotopic (exact) mass is 382 g/mol. The number of amides is 1. The maximum absolute atomic E-state index is 13.1. The van der Waals surface area contributed by atoms with Gasteiger partial charge in [0.2, 0.25) is 5.95 Å². The number of methoxy groups -OCH3 is 1. The molecule has 0 aliphatic carbocycles. The number of esters is 1. The number of benzene rings is 1. The van der Waals surface area contributed by atoms with Crippen molar-refractivity contribution >= 4 is 23.5 Å². The Balaban J connectivity index is 1.88. The first-order chi connectivity index (χ1) is 13.5. The van der Waals surface area contributed by atoms with Gasteiger partial charge in [0.25, 0.3) is 5.91 Å². The first-order valence-corrected chi connectivity index (χ1v) is 9.64. The number of ether oxygens (including phenoxy) is 1. The molecule has 1 aliphatic rings. The Morgan fingerprint density at radius 3 is 2.79 bits per heavy atom. The van der Waals surface area contributed by atoms with Crippen LogP contribution in [0.1, 0.15) is 59.1 Å². The summed E-state index contributed by atoms with van der Waals surface area (Å²) in [6.07, 6.45) is 4.14. The lowest BCUT2D eigenvalue weighted by molar-refractivity contribution is 0.0593. The second kappa shape index (κ2) is 8.82. The minimum absolute atomic E-state index is 0.0682. The van der Waals surface area contributed by atoms with Gasteiger partial charge in [-0.1, -0.05) is 19.1 Å². The SMILES string of the molecule is CCC1CCCCN1C(=O)c1cc(C)nc(Nc2ccccc2C(=O)OC)n1. The Morgan fingerprint density at radius 2 is 2.04 bits per heavy atom. The lowest BCUT2D eigenvalue weighted by Gasteiger charge is -2.35. The first-order valence-electron chi connectivity index (χ1n) is 9.64. The summed E-state index contributed by atoms with van der Waals surface area (Å²) in [6, 6.07) is 8.93. The third-order valence-corrected chi connectivity index (χ3v) is 5.01. The second-order valence-electron chi connectivity index (χ2n) is 6.94. The van der Waals surface area contributed by atoms with Gasteiger partial charge in [-0.3, -0.25) is 4.79 Å². The van der Waals surface area contributed by atoms with Crippen LogP contribution in [0.2, 0.25) is 0 Å². The molecule has 1 aromatic heterocycles. The lowest BCUT2D eigenvalue weighted by Crippen LogP contribution is -2.43. The number of carbonyl (C=O) groups is 2. The summed E-state index contributed by atoms with van der Waals surface area (Å²) in [6.45, 7) is 4.69. The highest BCUT2D eigenvalue weighted by atomic mass is 16.5. The summed E-state index contributed by atoms with van der Waals surface area (Å²) < 4.78 is 4.82. The predicted molar refractivity (Wildman–Crippen MR) is 107 cm³/mol. The van der Waals surface area contributed by atoms with Crippen molar-refractivity contribution in [2.45, 2.75) is 45.6 Å². The second-order valence-corrected chi connectivity index (χ2v) is 6.94. The van der Waals surface area contributed by atoms with Gasteiger partial charge in [-0.25, -0.2) is 14.8 Å². The van der Waals surface area contributed by atoms with E-state index < -0.39 is 5.97 Å². The van der Waals surface area contributed by atoms with Crippen molar-refractivity contribution in [3.05, 3.63) is 47.3 Å². The molecule has 0 radical (unpaired) electrons. The van der Waals surface area contributed by atoms with Gasteiger partial charge in [0.05, 0.1) is 18.4 Å². The molecule has 3 rings (SSSR count). The molecule has 2 aromatic rings. The van der Waals surface area contributed by atoms with Gasteiger partial charge in [-0.15, -0.1) is 0 Å². The Labute approximate surface area is 165 Å². The molecule has 1 aromatic carbocycles. The van der Waals surface area contributed by atoms with Crippen molar-refractivity contribution in [3.8, 4) is 0 Å². The van der Waals surface area contributed by atoms with Crippen LogP contribution in [0, 0.1) is 6.92 Å². The van der Waals surface area contributed by atoms with E-state index in [-0.39, 0.29) is 17.9 Å². The van der Waals surface area contributed by atoms with Crippen molar-refractivity contribution in [1.29, 1.82) is 0 Å². The highest BCUT2D eigenvalue weighted by molar-refractivity contribution is 5.96. The van der Waals surface area contributed by atoms with E-state index in [4.69, 9.17) is 4.74 Å². The summed E-state index contributed by atoms with van der Waals surface area (Å²) in [4.78, 5) is 35.8. The largest absolute Gasteiger partial charge is 0.465 e. The average molecular weight is 382 g/mol. The molecule has 1 N–H and O–H groups in total. The van der Waals surface area contributed by atoms with Crippen molar-refractivity contribution in [1.82, 2.24) is 14.9 Å². The van der Waals surface area contributed by atoms with Crippen LogP contribution in [0.15, 0.2) is 30.3 Å². The zero-order valence-electron chi connectivity index (χ0n) is 16.6. The minimum Gasteiger partial charge on any atom is -0.465 e. The minimum atomic E-state index is -0.453. The van der Waals surface area contributed by atoms with Gasteiger partial charge in [0.1, 0.15) is 5.69 Å². The lowest BCUT2D eigenvalue weighted by atomic mass is 9.99. The molecule has 2 heterocycles. The zero-order valence-corrected chi connectivity index (χ0v) is 16.6. The van der Waals surface area contributed by atoms with Crippen LogP contribution in [0.25, 0.3) is 0 Å². The number of para-hydroxylation sites is 1. The molecule has 1 saturated heterocycles. The molecule has 28 heavy (non-hydrogen) atoms. The third-order valence-electron chi connectivity index (χ3n) is 5.01. The van der Waals surface area contributed by atoms with Crippen LogP contribution in [-0.2, 0) is 4.74 Å². The highest BCUT2D eigenvalue weighted by Crippen LogP contribution is 2.23. The number of piperidine rings is 1. The standard InChI is InChI=1S/C21H26N4O3/c1-4-15-9-7-8-12-25(15)19(26)18-13-14(2)22-21(24-18)23-17-11-6-5-10-16(17)20(27)28-3/h5-6,10-11,13,15H,4,7-9,12H2,1-3H3,(H,22,23,24). The molecule has 1 amide bonds. The van der Waals surface area contributed by atoms with E-state index in [0.29, 0.717) is 22.6 Å². The van der Waals surface area contributed by atoms with Gasteiger partial charge in [0.15, 0.2) is 0 Å². The zero-order chi connectivity index (χ0) is 20.1. The van der Waals surface area contributed by atoms with Crippen LogP contribution in [-0.4, -0.2) is 46.4 Å². The Bertz CT molecular complexity index is 868. The van der Waals surface area contributed by atoms with Crippen LogP contribution in [0.3, 0.4) is 0 Å². The van der Waals surface area contributed by atoms with E-state index in [2.05, 4.69) is 22.2 Å². The molecule has 0 spiro atoms. The van der Waals surface area contributed by atoms with Crippen molar-refractivity contribution in [2.75, 3.05) is 19.0 Å². The molecule has 1 aliphatic heterocycles. The maximum Gasteiger partial charge on any atom is 0.339 e. The number of likely N-dealkylation sites (tertiary alicyclic amines) is 1. The Kier molecular flexibility index (Phi) is 6.23. The van der Waals surface area contributed by atoms with E-state index >= 15 is 0 Å². The summed E-state index contributed by atoms with van der Waals surface area (Å²) in [5.41, 5.74) is 1.96. The molecule has 0 saturated carbocycles. The summed E-state index contributed by atoms with van der Waals surface area (Å²) in [7, 11) is 1.34. The van der Waals surface area contributed by atoms with E-state index in [1.54, 1.807) is 30.3 Å². The van der Waals surface area contributed by atoms with E-state index in [1.807, 2.05) is 11.8 Å². The summed E-state index contributed by atoms with van der Waals surface area (Å²) >= 11 is 0. The van der Waals surface area contributed by atoms with Crippen LogP contribution >= 0.6 is 0 Å². The molecule has 7 nitrogen and oxygen atoms in total. The number of nitrogens with one attached hydrogen (secondary N) is 1. The quantitative estimate of drug-likeness (QED) is 0.794. The Morgan fingerprint density at radius 1 is 1.25 bits per heavy atom.